The first-order chi connectivity index (χ1) is 17.1. The van der Waals surface area contributed by atoms with E-state index in [9.17, 15) is 4.79 Å². The lowest BCUT2D eigenvalue weighted by molar-refractivity contribution is -0.138. The van der Waals surface area contributed by atoms with E-state index in [1.165, 1.54) is 0 Å². The summed E-state index contributed by atoms with van der Waals surface area (Å²) in [5.41, 5.74) is 6.32. The van der Waals surface area contributed by atoms with Crippen LogP contribution < -0.4 is 15.0 Å². The lowest BCUT2D eigenvalue weighted by Gasteiger charge is -2.35. The minimum atomic E-state index is -0.770. The summed E-state index contributed by atoms with van der Waals surface area (Å²) in [6.45, 7) is 3.26. The standard InChI is InChI=1S/C28H28N4O3/c1-35-24-9-2-20(3-10-24)21-4-11-26-25(18-21)27(12-13-29-26)30-22-5-7-23(8-6-22)32-16-14-31(15-17-32)19-28(33)34/h2-13,18H,14-17,19H2,1H3,(H,29,30)(H,33,34). The summed E-state index contributed by atoms with van der Waals surface area (Å²) in [4.78, 5) is 19.7. The van der Waals surface area contributed by atoms with Crippen molar-refractivity contribution in [3.05, 3.63) is 79.0 Å². The second-order valence-electron chi connectivity index (χ2n) is 8.65. The number of nitrogens with one attached hydrogen (secondary N) is 1. The number of nitrogens with zero attached hydrogens (tertiary/aromatic N) is 3. The number of carbonyl (C=O) groups is 1. The Morgan fingerprint density at radius 2 is 1.66 bits per heavy atom. The van der Waals surface area contributed by atoms with Gasteiger partial charge in [0, 0.05) is 54.8 Å². The first-order valence-corrected chi connectivity index (χ1v) is 11.7. The lowest BCUT2D eigenvalue weighted by Crippen LogP contribution is -2.47. The molecule has 35 heavy (non-hydrogen) atoms. The molecule has 0 atom stereocenters. The number of pyridine rings is 1. The molecule has 1 aliphatic heterocycles. The number of anilines is 3. The average molecular weight is 469 g/mol. The molecule has 5 rings (SSSR count). The molecule has 4 aromatic rings. The molecule has 2 heterocycles. The van der Waals surface area contributed by atoms with Gasteiger partial charge in [-0.05, 0) is 65.7 Å². The van der Waals surface area contributed by atoms with Gasteiger partial charge >= 0.3 is 5.97 Å². The number of ether oxygens (including phenoxy) is 1. The van der Waals surface area contributed by atoms with Gasteiger partial charge in [0.1, 0.15) is 5.75 Å². The highest BCUT2D eigenvalue weighted by Crippen LogP contribution is 2.31. The van der Waals surface area contributed by atoms with Crippen molar-refractivity contribution in [2.24, 2.45) is 0 Å². The highest BCUT2D eigenvalue weighted by atomic mass is 16.5. The molecule has 1 aliphatic rings. The number of methoxy groups -OCH3 is 1. The number of carboxylic acids is 1. The number of hydrogen-bond donors (Lipinski definition) is 2. The molecule has 1 fully saturated rings. The molecule has 7 heteroatoms. The minimum absolute atomic E-state index is 0.108. The number of rotatable bonds is 7. The summed E-state index contributed by atoms with van der Waals surface area (Å²) in [7, 11) is 1.67. The van der Waals surface area contributed by atoms with Crippen LogP contribution in [-0.4, -0.2) is 60.8 Å². The number of hydrogen-bond acceptors (Lipinski definition) is 6. The van der Waals surface area contributed by atoms with E-state index in [0.29, 0.717) is 0 Å². The van der Waals surface area contributed by atoms with Gasteiger partial charge in [0.2, 0.25) is 0 Å². The van der Waals surface area contributed by atoms with Crippen LogP contribution in [-0.2, 0) is 4.79 Å². The van der Waals surface area contributed by atoms with Gasteiger partial charge in [0.15, 0.2) is 0 Å². The fourth-order valence-corrected chi connectivity index (χ4v) is 4.48. The minimum Gasteiger partial charge on any atom is -0.497 e. The Bertz CT molecular complexity index is 1310. The molecule has 0 amide bonds. The molecular formula is C28H28N4O3. The summed E-state index contributed by atoms with van der Waals surface area (Å²) in [5.74, 6) is 0.0674. The van der Waals surface area contributed by atoms with Crippen molar-refractivity contribution in [3.63, 3.8) is 0 Å². The quantitative estimate of drug-likeness (QED) is 0.401. The molecule has 0 spiro atoms. The van der Waals surface area contributed by atoms with Crippen LogP contribution in [0.15, 0.2) is 79.0 Å². The van der Waals surface area contributed by atoms with E-state index in [1.807, 2.05) is 35.4 Å². The number of aromatic nitrogens is 1. The van der Waals surface area contributed by atoms with Gasteiger partial charge in [-0.25, -0.2) is 0 Å². The number of piperazine rings is 1. The summed E-state index contributed by atoms with van der Waals surface area (Å²) in [6, 6.07) is 24.7. The predicted molar refractivity (Wildman–Crippen MR) is 140 cm³/mol. The second kappa shape index (κ2) is 10.0. The third kappa shape index (κ3) is 5.20. The molecule has 0 aliphatic carbocycles. The highest BCUT2D eigenvalue weighted by Gasteiger charge is 2.18. The number of carboxylic acid groups (broad SMARTS) is 1. The van der Waals surface area contributed by atoms with Crippen LogP contribution in [0.5, 0.6) is 5.75 Å². The van der Waals surface area contributed by atoms with Gasteiger partial charge < -0.3 is 20.1 Å². The molecule has 0 unspecified atom stereocenters. The van der Waals surface area contributed by atoms with Crippen molar-refractivity contribution in [2.45, 2.75) is 0 Å². The lowest BCUT2D eigenvalue weighted by atomic mass is 10.0. The summed E-state index contributed by atoms with van der Waals surface area (Å²) < 4.78 is 5.28. The van der Waals surface area contributed by atoms with E-state index in [1.54, 1.807) is 7.11 Å². The van der Waals surface area contributed by atoms with Crippen LogP contribution in [0, 0.1) is 0 Å². The number of fused-ring (bicyclic) bond motifs is 1. The Morgan fingerprint density at radius 1 is 0.943 bits per heavy atom. The van der Waals surface area contributed by atoms with Crippen LogP contribution in [0.1, 0.15) is 0 Å². The highest BCUT2D eigenvalue weighted by molar-refractivity contribution is 5.95. The van der Waals surface area contributed by atoms with Crippen LogP contribution in [0.25, 0.3) is 22.0 Å². The third-order valence-electron chi connectivity index (χ3n) is 6.41. The molecule has 3 aromatic carbocycles. The zero-order valence-electron chi connectivity index (χ0n) is 19.6. The van der Waals surface area contributed by atoms with E-state index in [2.05, 4.69) is 63.7 Å². The number of aliphatic carboxylic acids is 1. The van der Waals surface area contributed by atoms with Crippen molar-refractivity contribution < 1.29 is 14.6 Å². The second-order valence-corrected chi connectivity index (χ2v) is 8.65. The van der Waals surface area contributed by atoms with Crippen LogP contribution in [0.4, 0.5) is 17.1 Å². The largest absolute Gasteiger partial charge is 0.497 e. The van der Waals surface area contributed by atoms with Crippen molar-refractivity contribution in [1.29, 1.82) is 0 Å². The van der Waals surface area contributed by atoms with Gasteiger partial charge in [0.05, 0.1) is 19.2 Å². The Hall–Kier alpha value is -4.10. The topological polar surface area (TPSA) is 77.9 Å². The number of benzene rings is 3. The Kier molecular flexibility index (Phi) is 6.50. The van der Waals surface area contributed by atoms with Crippen molar-refractivity contribution in [1.82, 2.24) is 9.88 Å². The molecule has 1 saturated heterocycles. The van der Waals surface area contributed by atoms with Crippen molar-refractivity contribution in [2.75, 3.05) is 50.1 Å². The molecule has 0 bridgehead atoms. The van der Waals surface area contributed by atoms with Crippen LogP contribution in [0.2, 0.25) is 0 Å². The Balaban J connectivity index is 1.32. The third-order valence-corrected chi connectivity index (χ3v) is 6.41. The van der Waals surface area contributed by atoms with Crippen LogP contribution >= 0.6 is 0 Å². The SMILES string of the molecule is COc1ccc(-c2ccc3nccc(Nc4ccc(N5CCN(CC(=O)O)CC5)cc4)c3c2)cc1. The maximum atomic E-state index is 10.9. The van der Waals surface area contributed by atoms with Gasteiger partial charge in [-0.1, -0.05) is 18.2 Å². The fraction of sp³-hybridized carbons (Fsp3) is 0.214. The first-order valence-electron chi connectivity index (χ1n) is 11.7. The molecule has 2 N–H and O–H groups in total. The molecule has 178 valence electrons. The maximum absolute atomic E-state index is 10.9. The summed E-state index contributed by atoms with van der Waals surface area (Å²) in [6.07, 6.45) is 1.82. The average Bonchev–Trinajstić information content (AvgIpc) is 2.89. The maximum Gasteiger partial charge on any atom is 0.317 e. The van der Waals surface area contributed by atoms with Crippen molar-refractivity contribution in [3.8, 4) is 16.9 Å². The smallest absolute Gasteiger partial charge is 0.317 e. The predicted octanol–water partition coefficient (Wildman–Crippen LogP) is 4.86. The first kappa shape index (κ1) is 22.7. The van der Waals surface area contributed by atoms with Gasteiger partial charge in [-0.2, -0.15) is 0 Å². The Morgan fingerprint density at radius 3 is 2.34 bits per heavy atom. The van der Waals surface area contributed by atoms with E-state index < -0.39 is 5.97 Å². The summed E-state index contributed by atoms with van der Waals surface area (Å²) in [5, 5.41) is 13.6. The molecule has 1 aromatic heterocycles. The van der Waals surface area contributed by atoms with Gasteiger partial charge in [-0.3, -0.25) is 14.7 Å². The van der Waals surface area contributed by atoms with E-state index in [0.717, 1.165) is 71.0 Å². The van der Waals surface area contributed by atoms with E-state index in [4.69, 9.17) is 9.84 Å². The normalized spacial score (nSPS) is 14.1. The molecule has 0 saturated carbocycles. The monoisotopic (exact) mass is 468 g/mol. The zero-order chi connectivity index (χ0) is 24.2. The Labute approximate surface area is 204 Å². The van der Waals surface area contributed by atoms with E-state index >= 15 is 0 Å². The van der Waals surface area contributed by atoms with Gasteiger partial charge in [-0.15, -0.1) is 0 Å². The molecule has 0 radical (unpaired) electrons. The van der Waals surface area contributed by atoms with Crippen molar-refractivity contribution >= 4 is 33.9 Å². The van der Waals surface area contributed by atoms with Gasteiger partial charge in [0.25, 0.3) is 0 Å². The van der Waals surface area contributed by atoms with E-state index in [-0.39, 0.29) is 6.54 Å². The molecular weight excluding hydrogens is 440 g/mol. The zero-order valence-corrected chi connectivity index (χ0v) is 19.6. The molecule has 7 nitrogen and oxygen atoms in total. The van der Waals surface area contributed by atoms with Crippen LogP contribution in [0.3, 0.4) is 0 Å². The summed E-state index contributed by atoms with van der Waals surface area (Å²) >= 11 is 0. The fourth-order valence-electron chi connectivity index (χ4n) is 4.48.